The molecule has 4 nitrogen and oxygen atoms in total. The summed E-state index contributed by atoms with van der Waals surface area (Å²) in [6, 6.07) is 2.40. The summed E-state index contributed by atoms with van der Waals surface area (Å²) in [6.45, 7) is 7.25. The summed E-state index contributed by atoms with van der Waals surface area (Å²) < 4.78 is 0. The number of rotatable bonds is 6. The Kier molecular flexibility index (Phi) is 5.41. The minimum absolute atomic E-state index is 0.0231. The van der Waals surface area contributed by atoms with Gasteiger partial charge in [0, 0.05) is 12.6 Å². The lowest BCUT2D eigenvalue weighted by Gasteiger charge is -2.29. The number of nitrogens with zero attached hydrogens (tertiary/aromatic N) is 2. The molecule has 21 heavy (non-hydrogen) atoms. The molecule has 0 bridgehead atoms. The smallest absolute Gasteiger partial charge is 0.241 e. The van der Waals surface area contributed by atoms with E-state index in [1.807, 2.05) is 4.90 Å². The van der Waals surface area contributed by atoms with Crippen molar-refractivity contribution >= 4 is 17.2 Å². The zero-order chi connectivity index (χ0) is 15.6. The van der Waals surface area contributed by atoms with E-state index in [0.717, 1.165) is 13.0 Å². The van der Waals surface area contributed by atoms with Gasteiger partial charge in [-0.1, -0.05) is 13.8 Å². The average Bonchev–Trinajstić information content (AvgIpc) is 3.01. The Hall–Kier alpha value is -0.910. The number of hydrogen-bond donors (Lipinski definition) is 1. The zero-order valence-electron chi connectivity index (χ0n) is 13.7. The van der Waals surface area contributed by atoms with Crippen LogP contribution in [-0.2, 0) is 4.79 Å². The van der Waals surface area contributed by atoms with E-state index in [1.54, 1.807) is 11.3 Å². The summed E-state index contributed by atoms with van der Waals surface area (Å²) in [5.74, 6) is 0.759. The topological polar surface area (TPSA) is 35.6 Å². The van der Waals surface area contributed by atoms with Crippen molar-refractivity contribution < 1.29 is 4.79 Å². The van der Waals surface area contributed by atoms with Crippen LogP contribution >= 0.6 is 11.3 Å². The predicted octanol–water partition coefficient (Wildman–Crippen LogP) is 2.54. The largest absolute Gasteiger partial charge is 0.320 e. The lowest BCUT2D eigenvalue weighted by molar-refractivity contribution is -0.131. The minimum atomic E-state index is -0.0516. The van der Waals surface area contributed by atoms with Crippen LogP contribution in [0.25, 0.3) is 0 Å². The summed E-state index contributed by atoms with van der Waals surface area (Å²) in [4.78, 5) is 16.9. The second-order valence-corrected chi connectivity index (χ2v) is 7.39. The molecule has 1 aliphatic heterocycles. The standard InChI is InChI=1S/C16H27N3OS/c1-11(2)8-14-16(20)19(9-12(3)18(4)5)15(17-14)13-6-7-21-10-13/h6-7,10-12,14-15,17H,8-9H2,1-5H3. The number of amides is 1. The van der Waals surface area contributed by atoms with E-state index < -0.39 is 0 Å². The van der Waals surface area contributed by atoms with Crippen molar-refractivity contribution in [2.75, 3.05) is 20.6 Å². The molecule has 5 heteroatoms. The molecule has 3 atom stereocenters. The lowest BCUT2D eigenvalue weighted by atomic mass is 10.0. The molecule has 1 aromatic rings. The quantitative estimate of drug-likeness (QED) is 0.877. The predicted molar refractivity (Wildman–Crippen MR) is 88.3 cm³/mol. The van der Waals surface area contributed by atoms with Crippen LogP contribution in [0.5, 0.6) is 0 Å². The summed E-state index contributed by atoms with van der Waals surface area (Å²) >= 11 is 1.68. The first kappa shape index (κ1) is 16.5. The van der Waals surface area contributed by atoms with E-state index in [-0.39, 0.29) is 18.1 Å². The van der Waals surface area contributed by atoms with Gasteiger partial charge in [-0.05, 0) is 55.7 Å². The first-order valence-corrected chi connectivity index (χ1v) is 8.59. The van der Waals surface area contributed by atoms with Crippen LogP contribution in [-0.4, -0.2) is 48.4 Å². The van der Waals surface area contributed by atoms with Crippen LogP contribution in [0, 0.1) is 5.92 Å². The second kappa shape index (κ2) is 6.90. The average molecular weight is 309 g/mol. The highest BCUT2D eigenvalue weighted by atomic mass is 32.1. The van der Waals surface area contributed by atoms with Crippen LogP contribution in [0.2, 0.25) is 0 Å². The maximum absolute atomic E-state index is 12.8. The Morgan fingerprint density at radius 1 is 1.38 bits per heavy atom. The highest BCUT2D eigenvalue weighted by molar-refractivity contribution is 7.07. The molecule has 0 spiro atoms. The van der Waals surface area contributed by atoms with E-state index in [4.69, 9.17) is 0 Å². The molecule has 1 amide bonds. The molecule has 2 rings (SSSR count). The van der Waals surface area contributed by atoms with Gasteiger partial charge < -0.3 is 9.80 Å². The summed E-state index contributed by atoms with van der Waals surface area (Å²) in [7, 11) is 4.12. The number of carbonyl (C=O) groups is 1. The Labute approximate surface area is 132 Å². The van der Waals surface area contributed by atoms with Crippen LogP contribution in [0.1, 0.15) is 38.9 Å². The van der Waals surface area contributed by atoms with Gasteiger partial charge in [0.05, 0.1) is 6.04 Å². The fraction of sp³-hybridized carbons (Fsp3) is 0.688. The molecule has 1 aliphatic rings. The van der Waals surface area contributed by atoms with Gasteiger partial charge in [0.2, 0.25) is 5.91 Å². The molecule has 0 saturated carbocycles. The third-order valence-corrected chi connectivity index (χ3v) is 4.86. The first-order valence-electron chi connectivity index (χ1n) is 7.65. The van der Waals surface area contributed by atoms with Crippen LogP contribution < -0.4 is 5.32 Å². The van der Waals surface area contributed by atoms with Crippen molar-refractivity contribution in [3.63, 3.8) is 0 Å². The Bertz CT molecular complexity index is 458. The van der Waals surface area contributed by atoms with Gasteiger partial charge in [0.15, 0.2) is 0 Å². The Morgan fingerprint density at radius 3 is 2.62 bits per heavy atom. The maximum Gasteiger partial charge on any atom is 0.241 e. The molecule has 0 radical (unpaired) electrons. The van der Waals surface area contributed by atoms with Gasteiger partial charge in [-0.15, -0.1) is 0 Å². The van der Waals surface area contributed by atoms with E-state index >= 15 is 0 Å². The van der Waals surface area contributed by atoms with Gasteiger partial charge >= 0.3 is 0 Å². The fourth-order valence-corrected chi connectivity index (χ4v) is 3.35. The summed E-state index contributed by atoms with van der Waals surface area (Å²) in [5, 5.41) is 7.74. The van der Waals surface area contributed by atoms with E-state index in [1.165, 1.54) is 5.56 Å². The third kappa shape index (κ3) is 3.84. The molecule has 1 N–H and O–H groups in total. The molecule has 1 saturated heterocycles. The number of hydrogen-bond acceptors (Lipinski definition) is 4. The fourth-order valence-electron chi connectivity index (χ4n) is 2.67. The highest BCUT2D eigenvalue weighted by Crippen LogP contribution is 2.29. The van der Waals surface area contributed by atoms with Crippen molar-refractivity contribution in [3.05, 3.63) is 22.4 Å². The molecular weight excluding hydrogens is 282 g/mol. The zero-order valence-corrected chi connectivity index (χ0v) is 14.5. The Morgan fingerprint density at radius 2 is 2.10 bits per heavy atom. The molecule has 3 unspecified atom stereocenters. The van der Waals surface area contributed by atoms with Crippen molar-refractivity contribution in [2.45, 2.75) is 45.4 Å². The monoisotopic (exact) mass is 309 g/mol. The van der Waals surface area contributed by atoms with Crippen LogP contribution in [0.3, 0.4) is 0 Å². The third-order valence-electron chi connectivity index (χ3n) is 4.16. The normalized spacial score (nSPS) is 24.3. The first-order chi connectivity index (χ1) is 9.90. The molecule has 1 aromatic heterocycles. The second-order valence-electron chi connectivity index (χ2n) is 6.61. The lowest BCUT2D eigenvalue weighted by Crippen LogP contribution is -2.41. The van der Waals surface area contributed by atoms with E-state index in [9.17, 15) is 4.79 Å². The number of carbonyl (C=O) groups excluding carboxylic acids is 1. The maximum atomic E-state index is 12.8. The van der Waals surface area contributed by atoms with Gasteiger partial charge in [-0.3, -0.25) is 10.1 Å². The van der Waals surface area contributed by atoms with E-state index in [2.05, 4.69) is 61.9 Å². The number of nitrogens with one attached hydrogen (secondary N) is 1. The van der Waals surface area contributed by atoms with Crippen molar-refractivity contribution in [1.29, 1.82) is 0 Å². The van der Waals surface area contributed by atoms with Gasteiger partial charge in [0.25, 0.3) is 0 Å². The van der Waals surface area contributed by atoms with Crippen LogP contribution in [0.15, 0.2) is 16.8 Å². The number of thiophene rings is 1. The van der Waals surface area contributed by atoms with E-state index in [0.29, 0.717) is 12.0 Å². The van der Waals surface area contributed by atoms with Gasteiger partial charge in [0.1, 0.15) is 6.17 Å². The molecule has 1 fully saturated rings. The minimum Gasteiger partial charge on any atom is -0.320 e. The van der Waals surface area contributed by atoms with Crippen molar-refractivity contribution in [1.82, 2.24) is 15.1 Å². The van der Waals surface area contributed by atoms with Gasteiger partial charge in [-0.25, -0.2) is 0 Å². The molecule has 0 aliphatic carbocycles. The Balaban J connectivity index is 2.17. The van der Waals surface area contributed by atoms with Crippen LogP contribution in [0.4, 0.5) is 0 Å². The van der Waals surface area contributed by atoms with Crippen molar-refractivity contribution in [2.24, 2.45) is 5.92 Å². The molecule has 118 valence electrons. The van der Waals surface area contributed by atoms with Crippen molar-refractivity contribution in [3.8, 4) is 0 Å². The SMILES string of the molecule is CC(C)CC1NC(c2ccsc2)N(CC(C)N(C)C)C1=O. The molecule has 2 heterocycles. The number of likely N-dealkylation sites (N-methyl/N-ethyl adjacent to an activating group) is 1. The molecular formula is C16H27N3OS. The summed E-state index contributed by atoms with van der Waals surface area (Å²) in [6.07, 6.45) is 0.918. The summed E-state index contributed by atoms with van der Waals surface area (Å²) in [5.41, 5.74) is 1.20. The highest BCUT2D eigenvalue weighted by Gasteiger charge is 2.40. The van der Waals surface area contributed by atoms with Gasteiger partial charge in [-0.2, -0.15) is 11.3 Å². The molecule has 0 aromatic carbocycles.